The van der Waals surface area contributed by atoms with Crippen molar-refractivity contribution >= 4 is 17.5 Å². The highest BCUT2D eigenvalue weighted by atomic mass is 16.5. The van der Waals surface area contributed by atoms with Gasteiger partial charge in [-0.15, -0.1) is 0 Å². The smallest absolute Gasteiger partial charge is 0.269 e. The number of benzene rings is 1. The summed E-state index contributed by atoms with van der Waals surface area (Å²) in [6.45, 7) is 5.60. The molecule has 0 aliphatic carbocycles. The van der Waals surface area contributed by atoms with E-state index in [0.29, 0.717) is 23.6 Å². The molecule has 2 rings (SSSR count). The lowest BCUT2D eigenvalue weighted by Crippen LogP contribution is -2.48. The van der Waals surface area contributed by atoms with Gasteiger partial charge in [-0.3, -0.25) is 14.6 Å². The van der Waals surface area contributed by atoms with Crippen molar-refractivity contribution in [2.75, 3.05) is 12.4 Å². The van der Waals surface area contributed by atoms with Crippen LogP contribution >= 0.6 is 0 Å². The molecule has 0 aliphatic rings. The normalized spacial score (nSPS) is 12.8. The van der Waals surface area contributed by atoms with Crippen LogP contribution in [-0.4, -0.2) is 29.4 Å². The number of nitrogens with zero attached hydrogens (tertiary/aromatic N) is 1. The molecule has 2 amide bonds. The summed E-state index contributed by atoms with van der Waals surface area (Å²) in [6.07, 6.45) is 2.91. The quantitative estimate of drug-likeness (QED) is 0.695. The summed E-state index contributed by atoms with van der Waals surface area (Å²) in [6, 6.07) is 8.59. The summed E-state index contributed by atoms with van der Waals surface area (Å²) in [5, 5.41) is 5.36. The Bertz CT molecular complexity index is 834. The minimum absolute atomic E-state index is 0.245. The number of amides is 2. The molecule has 0 saturated carbocycles. The van der Waals surface area contributed by atoms with Gasteiger partial charge >= 0.3 is 0 Å². The number of nitrogens with one attached hydrogen (secondary N) is 2. The van der Waals surface area contributed by atoms with Crippen molar-refractivity contribution in [3.8, 4) is 11.5 Å². The van der Waals surface area contributed by atoms with E-state index in [9.17, 15) is 9.59 Å². The molecule has 0 spiro atoms. The van der Waals surface area contributed by atoms with Crippen LogP contribution in [-0.2, 0) is 4.79 Å². The average molecular weight is 370 g/mol. The molecule has 0 saturated heterocycles. The number of carbonyl (C=O) groups is 2. The van der Waals surface area contributed by atoms with Gasteiger partial charge in [0.05, 0.1) is 5.54 Å². The molecule has 1 aromatic carbocycles. The average Bonchev–Trinajstić information content (AvgIpc) is 2.64. The molecule has 4 N–H and O–H groups in total. The molecule has 0 fully saturated rings. The van der Waals surface area contributed by atoms with Gasteiger partial charge in [-0.1, -0.05) is 19.4 Å². The standard InChI is InChI=1S/C20H26N4O3/c1-5-9-20(3,21)19(26)24-14-7-6-13(2)17(11-14)27-15-8-10-23-16(12-15)18(25)22-4/h6-8,10-12H,5,9,21H2,1-4H3,(H,22,25)(H,24,26). The van der Waals surface area contributed by atoms with Crippen LogP contribution in [0.5, 0.6) is 11.5 Å². The first-order valence-electron chi connectivity index (χ1n) is 8.84. The van der Waals surface area contributed by atoms with E-state index in [0.717, 1.165) is 12.0 Å². The summed E-state index contributed by atoms with van der Waals surface area (Å²) < 4.78 is 5.90. The van der Waals surface area contributed by atoms with Crippen molar-refractivity contribution in [3.63, 3.8) is 0 Å². The summed E-state index contributed by atoms with van der Waals surface area (Å²) in [5.74, 6) is 0.502. The Balaban J connectivity index is 2.21. The molecule has 2 aromatic rings. The zero-order valence-electron chi connectivity index (χ0n) is 16.1. The van der Waals surface area contributed by atoms with E-state index < -0.39 is 5.54 Å². The summed E-state index contributed by atoms with van der Waals surface area (Å²) >= 11 is 0. The van der Waals surface area contributed by atoms with Gasteiger partial charge in [-0.05, 0) is 38.0 Å². The first-order valence-corrected chi connectivity index (χ1v) is 8.84. The van der Waals surface area contributed by atoms with Crippen LogP contribution in [0.3, 0.4) is 0 Å². The van der Waals surface area contributed by atoms with Gasteiger partial charge in [0.15, 0.2) is 0 Å². The highest BCUT2D eigenvalue weighted by Crippen LogP contribution is 2.28. The molecule has 1 atom stereocenters. The Labute approximate surface area is 159 Å². The molecule has 1 aromatic heterocycles. The lowest BCUT2D eigenvalue weighted by Gasteiger charge is -2.23. The van der Waals surface area contributed by atoms with Crippen molar-refractivity contribution in [3.05, 3.63) is 47.8 Å². The first kappa shape index (κ1) is 20.4. The van der Waals surface area contributed by atoms with Gasteiger partial charge in [-0.25, -0.2) is 0 Å². The van der Waals surface area contributed by atoms with Crippen molar-refractivity contribution in [2.24, 2.45) is 5.73 Å². The number of carbonyl (C=O) groups excluding carboxylic acids is 2. The number of nitrogens with two attached hydrogens (primary N) is 1. The topological polar surface area (TPSA) is 106 Å². The van der Waals surface area contributed by atoms with Crippen LogP contribution in [0.1, 0.15) is 42.7 Å². The number of pyridine rings is 1. The van der Waals surface area contributed by atoms with Gasteiger partial charge < -0.3 is 21.1 Å². The Morgan fingerprint density at radius 2 is 2.00 bits per heavy atom. The van der Waals surface area contributed by atoms with Crippen LogP contribution in [0.25, 0.3) is 0 Å². The number of ether oxygens (including phenoxy) is 1. The zero-order valence-corrected chi connectivity index (χ0v) is 16.1. The number of aromatic nitrogens is 1. The van der Waals surface area contributed by atoms with E-state index in [2.05, 4.69) is 15.6 Å². The van der Waals surface area contributed by atoms with Gasteiger partial charge in [-0.2, -0.15) is 0 Å². The molecule has 7 nitrogen and oxygen atoms in total. The summed E-state index contributed by atoms with van der Waals surface area (Å²) in [5.41, 5.74) is 6.88. The van der Waals surface area contributed by atoms with Gasteiger partial charge in [0.2, 0.25) is 5.91 Å². The van der Waals surface area contributed by atoms with Crippen molar-refractivity contribution in [1.82, 2.24) is 10.3 Å². The molecule has 7 heteroatoms. The zero-order chi connectivity index (χ0) is 20.0. The maximum Gasteiger partial charge on any atom is 0.269 e. The fourth-order valence-electron chi connectivity index (χ4n) is 2.55. The minimum atomic E-state index is -0.936. The molecule has 144 valence electrons. The van der Waals surface area contributed by atoms with Crippen molar-refractivity contribution in [1.29, 1.82) is 0 Å². The predicted octanol–water partition coefficient (Wildman–Crippen LogP) is 3.00. The first-order chi connectivity index (χ1) is 12.8. The van der Waals surface area contributed by atoms with E-state index in [-0.39, 0.29) is 17.5 Å². The number of aryl methyl sites for hydroxylation is 1. The second-order valence-electron chi connectivity index (χ2n) is 6.66. The highest BCUT2D eigenvalue weighted by molar-refractivity contribution is 5.97. The van der Waals surface area contributed by atoms with Crippen LogP contribution in [0, 0.1) is 6.92 Å². The fraction of sp³-hybridized carbons (Fsp3) is 0.350. The van der Waals surface area contributed by atoms with E-state index in [1.807, 2.05) is 19.9 Å². The van der Waals surface area contributed by atoms with Crippen LogP contribution in [0.2, 0.25) is 0 Å². The number of hydrogen-bond acceptors (Lipinski definition) is 5. The van der Waals surface area contributed by atoms with Crippen molar-refractivity contribution < 1.29 is 14.3 Å². The van der Waals surface area contributed by atoms with Crippen LogP contribution in [0.15, 0.2) is 36.5 Å². The van der Waals surface area contributed by atoms with Gasteiger partial charge in [0.1, 0.15) is 17.2 Å². The highest BCUT2D eigenvalue weighted by Gasteiger charge is 2.27. The Kier molecular flexibility index (Phi) is 6.52. The van der Waals surface area contributed by atoms with E-state index in [4.69, 9.17) is 10.5 Å². The third kappa shape index (κ3) is 5.27. The van der Waals surface area contributed by atoms with Gasteiger partial charge in [0.25, 0.3) is 5.91 Å². The van der Waals surface area contributed by atoms with Gasteiger partial charge in [0, 0.05) is 31.1 Å². The predicted molar refractivity (Wildman–Crippen MR) is 105 cm³/mol. The fourth-order valence-corrected chi connectivity index (χ4v) is 2.55. The Morgan fingerprint density at radius 3 is 2.67 bits per heavy atom. The Morgan fingerprint density at radius 1 is 1.26 bits per heavy atom. The molecule has 1 heterocycles. The molecule has 1 unspecified atom stereocenters. The SMILES string of the molecule is CCCC(C)(N)C(=O)Nc1ccc(C)c(Oc2ccnc(C(=O)NC)c2)c1. The van der Waals surface area contributed by atoms with E-state index in [1.165, 1.54) is 13.2 Å². The molecule has 0 radical (unpaired) electrons. The molecular weight excluding hydrogens is 344 g/mol. The summed E-state index contributed by atoms with van der Waals surface area (Å²) in [7, 11) is 1.54. The minimum Gasteiger partial charge on any atom is -0.457 e. The lowest BCUT2D eigenvalue weighted by atomic mass is 9.96. The lowest BCUT2D eigenvalue weighted by molar-refractivity contribution is -0.120. The second kappa shape index (κ2) is 8.64. The van der Waals surface area contributed by atoms with E-state index >= 15 is 0 Å². The maximum atomic E-state index is 12.4. The molecular formula is C20H26N4O3. The Hall–Kier alpha value is -2.93. The molecule has 27 heavy (non-hydrogen) atoms. The number of hydrogen-bond donors (Lipinski definition) is 3. The monoisotopic (exact) mass is 370 g/mol. The molecule has 0 aliphatic heterocycles. The number of rotatable bonds is 7. The maximum absolute atomic E-state index is 12.4. The van der Waals surface area contributed by atoms with Crippen LogP contribution in [0.4, 0.5) is 5.69 Å². The van der Waals surface area contributed by atoms with Crippen molar-refractivity contribution in [2.45, 2.75) is 39.2 Å². The van der Waals surface area contributed by atoms with Crippen LogP contribution < -0.4 is 21.1 Å². The van der Waals surface area contributed by atoms with E-state index in [1.54, 1.807) is 31.2 Å². The third-order valence-corrected chi connectivity index (χ3v) is 4.15. The third-order valence-electron chi connectivity index (χ3n) is 4.15. The summed E-state index contributed by atoms with van der Waals surface area (Å²) in [4.78, 5) is 28.1. The largest absolute Gasteiger partial charge is 0.457 e. The second-order valence-corrected chi connectivity index (χ2v) is 6.66. The molecule has 0 bridgehead atoms. The number of anilines is 1.